The Labute approximate surface area is 100 Å². The lowest BCUT2D eigenvalue weighted by molar-refractivity contribution is -0.142. The molecule has 0 radical (unpaired) electrons. The number of hydrogen-bond donors (Lipinski definition) is 1. The Morgan fingerprint density at radius 3 is 2.81 bits per heavy atom. The Bertz CT molecular complexity index is 341. The van der Waals surface area contributed by atoms with E-state index >= 15 is 0 Å². The molecule has 1 aliphatic rings. The lowest BCUT2D eigenvalue weighted by Crippen LogP contribution is -2.32. The van der Waals surface area contributed by atoms with Crippen molar-refractivity contribution in [2.45, 2.75) is 24.1 Å². The largest absolute Gasteiger partial charge is 0.468 e. The van der Waals surface area contributed by atoms with Gasteiger partial charge in [-0.05, 0) is 18.6 Å². The first-order valence-electron chi connectivity index (χ1n) is 5.10. The average Bonchev–Trinajstić information content (AvgIpc) is 2.57. The lowest BCUT2D eigenvalue weighted by Gasteiger charge is -2.10. The van der Waals surface area contributed by atoms with Gasteiger partial charge in [0.15, 0.2) is 9.84 Å². The SMILES string of the molecule is COC(=O)C(N)CCSC1CCS(=O)(=O)C1. The van der Waals surface area contributed by atoms with Crippen LogP contribution in [0.3, 0.4) is 0 Å². The number of hydrogen-bond acceptors (Lipinski definition) is 6. The predicted octanol–water partition coefficient (Wildman–Crippen LogP) is -0.203. The van der Waals surface area contributed by atoms with Crippen molar-refractivity contribution in [3.05, 3.63) is 0 Å². The highest BCUT2D eigenvalue weighted by atomic mass is 32.2. The monoisotopic (exact) mass is 267 g/mol. The van der Waals surface area contributed by atoms with E-state index in [0.29, 0.717) is 18.6 Å². The quantitative estimate of drug-likeness (QED) is 0.694. The van der Waals surface area contributed by atoms with E-state index in [4.69, 9.17) is 5.73 Å². The molecule has 0 aromatic heterocycles. The minimum absolute atomic E-state index is 0.162. The zero-order valence-corrected chi connectivity index (χ0v) is 10.9. The zero-order valence-electron chi connectivity index (χ0n) is 9.22. The van der Waals surface area contributed by atoms with Crippen molar-refractivity contribution < 1.29 is 17.9 Å². The molecule has 1 aliphatic heterocycles. The topological polar surface area (TPSA) is 86.5 Å². The molecule has 0 bridgehead atoms. The first-order valence-corrected chi connectivity index (χ1v) is 7.97. The number of carbonyl (C=O) groups excluding carboxylic acids is 1. The fourth-order valence-corrected chi connectivity index (χ4v) is 5.23. The molecule has 0 amide bonds. The summed E-state index contributed by atoms with van der Waals surface area (Å²) >= 11 is 1.58. The minimum Gasteiger partial charge on any atom is -0.468 e. The second kappa shape index (κ2) is 5.88. The molecule has 1 saturated heterocycles. The van der Waals surface area contributed by atoms with Crippen molar-refractivity contribution in [2.75, 3.05) is 24.4 Å². The summed E-state index contributed by atoms with van der Waals surface area (Å²) in [7, 11) is -1.51. The summed E-state index contributed by atoms with van der Waals surface area (Å²) in [6, 6.07) is -0.601. The smallest absolute Gasteiger partial charge is 0.322 e. The van der Waals surface area contributed by atoms with Crippen LogP contribution in [0.2, 0.25) is 0 Å². The van der Waals surface area contributed by atoms with Crippen LogP contribution in [0.5, 0.6) is 0 Å². The van der Waals surface area contributed by atoms with Crippen molar-refractivity contribution in [3.63, 3.8) is 0 Å². The van der Waals surface area contributed by atoms with Crippen molar-refractivity contribution in [1.29, 1.82) is 0 Å². The molecule has 0 spiro atoms. The lowest BCUT2D eigenvalue weighted by atomic mass is 10.2. The van der Waals surface area contributed by atoms with Crippen LogP contribution >= 0.6 is 11.8 Å². The normalized spacial score (nSPS) is 25.2. The summed E-state index contributed by atoms with van der Waals surface area (Å²) in [5, 5.41) is 0.162. The van der Waals surface area contributed by atoms with E-state index in [2.05, 4.69) is 4.74 Å². The Balaban J connectivity index is 2.19. The molecule has 2 unspecified atom stereocenters. The molecular weight excluding hydrogens is 250 g/mol. The molecule has 16 heavy (non-hydrogen) atoms. The van der Waals surface area contributed by atoms with Gasteiger partial charge >= 0.3 is 5.97 Å². The van der Waals surface area contributed by atoms with Crippen molar-refractivity contribution >= 4 is 27.6 Å². The van der Waals surface area contributed by atoms with Crippen LogP contribution in [0.25, 0.3) is 0 Å². The van der Waals surface area contributed by atoms with Gasteiger partial charge in [-0.25, -0.2) is 8.42 Å². The number of esters is 1. The Kier molecular flexibility index (Phi) is 5.07. The van der Waals surface area contributed by atoms with Crippen LogP contribution in [-0.2, 0) is 19.4 Å². The third kappa shape index (κ3) is 4.31. The molecular formula is C9H17NO4S2. The van der Waals surface area contributed by atoms with E-state index in [9.17, 15) is 13.2 Å². The minimum atomic E-state index is -2.81. The maximum absolute atomic E-state index is 11.2. The van der Waals surface area contributed by atoms with Crippen molar-refractivity contribution in [3.8, 4) is 0 Å². The van der Waals surface area contributed by atoms with Crippen molar-refractivity contribution in [2.24, 2.45) is 5.73 Å². The van der Waals surface area contributed by atoms with Crippen LogP contribution in [-0.4, -0.2) is 50.0 Å². The number of carbonyl (C=O) groups is 1. The Hall–Kier alpha value is -0.270. The fraction of sp³-hybridized carbons (Fsp3) is 0.889. The molecule has 7 heteroatoms. The molecule has 2 atom stereocenters. The summed E-state index contributed by atoms with van der Waals surface area (Å²) in [5.74, 6) is 0.814. The van der Waals surface area contributed by atoms with E-state index in [1.54, 1.807) is 11.8 Å². The second-order valence-corrected chi connectivity index (χ2v) is 7.45. The first-order chi connectivity index (χ1) is 7.44. The number of thioether (sulfide) groups is 1. The maximum Gasteiger partial charge on any atom is 0.322 e. The number of sulfone groups is 1. The van der Waals surface area contributed by atoms with Crippen LogP contribution in [0, 0.1) is 0 Å². The van der Waals surface area contributed by atoms with Gasteiger partial charge in [0.25, 0.3) is 0 Å². The number of ether oxygens (including phenoxy) is 1. The summed E-state index contributed by atoms with van der Waals surface area (Å²) in [6.07, 6.45) is 1.23. The first kappa shape index (κ1) is 13.8. The van der Waals surface area contributed by atoms with Crippen LogP contribution < -0.4 is 5.73 Å². The number of rotatable bonds is 5. The maximum atomic E-state index is 11.2. The molecule has 0 aromatic rings. The summed E-state index contributed by atoms with van der Waals surface area (Å²) in [5.41, 5.74) is 5.56. The van der Waals surface area contributed by atoms with Gasteiger partial charge in [0, 0.05) is 5.25 Å². The zero-order chi connectivity index (χ0) is 12.2. The molecule has 1 heterocycles. The van der Waals surface area contributed by atoms with Gasteiger partial charge in [-0.2, -0.15) is 11.8 Å². The molecule has 5 nitrogen and oxygen atoms in total. The average molecular weight is 267 g/mol. The van der Waals surface area contributed by atoms with Crippen LogP contribution in [0.15, 0.2) is 0 Å². The fourth-order valence-electron chi connectivity index (χ4n) is 1.52. The second-order valence-electron chi connectivity index (χ2n) is 3.81. The summed E-state index contributed by atoms with van der Waals surface area (Å²) < 4.78 is 26.9. The Morgan fingerprint density at radius 1 is 1.62 bits per heavy atom. The van der Waals surface area contributed by atoms with Gasteiger partial charge < -0.3 is 10.5 Å². The van der Waals surface area contributed by atoms with E-state index in [0.717, 1.165) is 0 Å². The molecule has 1 fully saturated rings. The highest BCUT2D eigenvalue weighted by Crippen LogP contribution is 2.24. The highest BCUT2D eigenvalue weighted by molar-refractivity contribution is 8.01. The molecule has 0 saturated carbocycles. The van der Waals surface area contributed by atoms with Gasteiger partial charge in [-0.1, -0.05) is 0 Å². The van der Waals surface area contributed by atoms with Gasteiger partial charge in [0.2, 0.25) is 0 Å². The molecule has 2 N–H and O–H groups in total. The highest BCUT2D eigenvalue weighted by Gasteiger charge is 2.28. The van der Waals surface area contributed by atoms with Crippen LogP contribution in [0.4, 0.5) is 0 Å². The van der Waals surface area contributed by atoms with Gasteiger partial charge in [-0.3, -0.25) is 4.79 Å². The predicted molar refractivity (Wildman–Crippen MR) is 64.1 cm³/mol. The number of methoxy groups -OCH3 is 1. The molecule has 0 aliphatic carbocycles. The van der Waals surface area contributed by atoms with E-state index in [-0.39, 0.29) is 16.8 Å². The standard InChI is InChI=1S/C9H17NO4S2/c1-14-9(11)8(10)2-4-15-7-3-5-16(12,13)6-7/h7-8H,2-6,10H2,1H3. The summed E-state index contributed by atoms with van der Waals surface area (Å²) in [6.45, 7) is 0. The molecule has 94 valence electrons. The van der Waals surface area contributed by atoms with E-state index in [1.807, 2.05) is 0 Å². The van der Waals surface area contributed by atoms with Gasteiger partial charge in [0.1, 0.15) is 6.04 Å². The third-order valence-corrected chi connectivity index (χ3v) is 5.80. The molecule has 0 aromatic carbocycles. The van der Waals surface area contributed by atoms with Gasteiger partial charge in [-0.15, -0.1) is 0 Å². The Morgan fingerprint density at radius 2 is 2.31 bits per heavy atom. The third-order valence-electron chi connectivity index (χ3n) is 2.48. The van der Waals surface area contributed by atoms with E-state index in [1.165, 1.54) is 7.11 Å². The van der Waals surface area contributed by atoms with Gasteiger partial charge in [0.05, 0.1) is 18.6 Å². The van der Waals surface area contributed by atoms with E-state index < -0.39 is 21.8 Å². The molecule has 1 rings (SSSR count). The van der Waals surface area contributed by atoms with Crippen molar-refractivity contribution in [1.82, 2.24) is 0 Å². The number of nitrogens with two attached hydrogens (primary N) is 1. The van der Waals surface area contributed by atoms with Crippen LogP contribution in [0.1, 0.15) is 12.8 Å². The summed E-state index contributed by atoms with van der Waals surface area (Å²) in [4.78, 5) is 11.0.